The molecule has 20 heavy (non-hydrogen) atoms. The molecule has 1 N–H and O–H groups in total. The Kier molecular flexibility index (Phi) is 4.78. The summed E-state index contributed by atoms with van der Waals surface area (Å²) >= 11 is 1.81. The van der Waals surface area contributed by atoms with Crippen molar-refractivity contribution in [2.45, 2.75) is 56.1 Å². The molecule has 1 aromatic rings. The van der Waals surface area contributed by atoms with Crippen LogP contribution in [0.5, 0.6) is 0 Å². The van der Waals surface area contributed by atoms with Gasteiger partial charge in [0.2, 0.25) is 0 Å². The fourth-order valence-electron chi connectivity index (χ4n) is 2.34. The average Bonchev–Trinajstić information content (AvgIpc) is 3.20. The van der Waals surface area contributed by atoms with E-state index in [4.69, 9.17) is 9.72 Å². The quantitative estimate of drug-likeness (QED) is 0.616. The number of thioether (sulfide) groups is 1. The zero-order valence-electron chi connectivity index (χ0n) is 12.1. The number of nitrogens with one attached hydrogen (secondary N) is 1. The van der Waals surface area contributed by atoms with Crippen molar-refractivity contribution in [1.82, 2.24) is 9.97 Å². The van der Waals surface area contributed by atoms with Gasteiger partial charge in [-0.15, -0.1) is 11.8 Å². The number of rotatable bonds is 7. The number of ether oxygens (including phenoxy) is 1. The maximum Gasteiger partial charge on any atom is 0.135 e. The maximum atomic E-state index is 5.68. The van der Waals surface area contributed by atoms with Crippen LogP contribution in [0.4, 0.5) is 5.82 Å². The van der Waals surface area contributed by atoms with Crippen LogP contribution in [0.15, 0.2) is 11.1 Å². The van der Waals surface area contributed by atoms with Crippen LogP contribution in [0, 0.1) is 0 Å². The fraction of sp³-hybridized carbons (Fsp3) is 0.733. The van der Waals surface area contributed by atoms with Gasteiger partial charge in [-0.05, 0) is 32.1 Å². The van der Waals surface area contributed by atoms with Crippen LogP contribution in [0.1, 0.15) is 50.8 Å². The molecule has 1 aliphatic carbocycles. The first-order valence-electron chi connectivity index (χ1n) is 7.72. The second-order valence-electron chi connectivity index (χ2n) is 5.60. The molecule has 1 saturated heterocycles. The molecule has 2 heterocycles. The molecular formula is C15H23N3OS. The monoisotopic (exact) mass is 293 g/mol. The molecule has 1 atom stereocenters. The van der Waals surface area contributed by atoms with Crippen molar-refractivity contribution in [3.05, 3.63) is 11.9 Å². The van der Waals surface area contributed by atoms with Crippen molar-refractivity contribution in [1.29, 1.82) is 0 Å². The van der Waals surface area contributed by atoms with Crippen LogP contribution in [-0.2, 0) is 4.74 Å². The molecule has 0 bridgehead atoms. The van der Waals surface area contributed by atoms with E-state index >= 15 is 0 Å². The molecule has 2 aliphatic rings. The number of nitrogens with zero attached hydrogens (tertiary/aromatic N) is 2. The highest BCUT2D eigenvalue weighted by atomic mass is 32.2. The van der Waals surface area contributed by atoms with Crippen molar-refractivity contribution in [3.8, 4) is 0 Å². The van der Waals surface area contributed by atoms with Crippen molar-refractivity contribution in [2.75, 3.05) is 24.2 Å². The predicted octanol–water partition coefficient (Wildman–Crippen LogP) is 3.45. The average molecular weight is 293 g/mol. The van der Waals surface area contributed by atoms with Crippen molar-refractivity contribution in [2.24, 2.45) is 0 Å². The van der Waals surface area contributed by atoms with Gasteiger partial charge in [0.1, 0.15) is 16.7 Å². The standard InChI is InChI=1S/C15H23N3OS/c1-2-7-16-13-9-14(18-15(17-13)11-5-6-11)20-10-12-4-3-8-19-12/h9,11-12H,2-8,10H2,1H3,(H,16,17,18). The topological polar surface area (TPSA) is 47.0 Å². The summed E-state index contributed by atoms with van der Waals surface area (Å²) in [7, 11) is 0. The van der Waals surface area contributed by atoms with E-state index < -0.39 is 0 Å². The van der Waals surface area contributed by atoms with E-state index in [0.29, 0.717) is 12.0 Å². The first-order valence-corrected chi connectivity index (χ1v) is 8.71. The molecule has 2 fully saturated rings. The van der Waals surface area contributed by atoms with E-state index in [1.54, 1.807) is 0 Å². The minimum Gasteiger partial charge on any atom is -0.377 e. The lowest BCUT2D eigenvalue weighted by atomic mass is 10.3. The molecule has 1 saturated carbocycles. The van der Waals surface area contributed by atoms with Gasteiger partial charge in [0.15, 0.2) is 0 Å². The molecule has 0 aromatic carbocycles. The van der Waals surface area contributed by atoms with Crippen LogP contribution in [0.3, 0.4) is 0 Å². The summed E-state index contributed by atoms with van der Waals surface area (Å²) in [4.78, 5) is 9.37. The molecule has 0 radical (unpaired) electrons. The Morgan fingerprint density at radius 2 is 2.25 bits per heavy atom. The SMILES string of the molecule is CCCNc1cc(SCC2CCCO2)nc(C2CC2)n1. The largest absolute Gasteiger partial charge is 0.377 e. The van der Waals surface area contributed by atoms with E-state index in [1.807, 2.05) is 11.8 Å². The Bertz CT molecular complexity index is 445. The Balaban J connectivity index is 1.65. The highest BCUT2D eigenvalue weighted by Gasteiger charge is 2.27. The lowest BCUT2D eigenvalue weighted by Crippen LogP contribution is -2.09. The lowest BCUT2D eigenvalue weighted by molar-refractivity contribution is 0.129. The van der Waals surface area contributed by atoms with E-state index in [2.05, 4.69) is 23.3 Å². The van der Waals surface area contributed by atoms with Crippen LogP contribution in [0.2, 0.25) is 0 Å². The summed E-state index contributed by atoms with van der Waals surface area (Å²) in [5, 5.41) is 4.48. The fourth-order valence-corrected chi connectivity index (χ4v) is 3.31. The van der Waals surface area contributed by atoms with Gasteiger partial charge < -0.3 is 10.1 Å². The molecule has 1 aromatic heterocycles. The molecule has 3 rings (SSSR count). The zero-order valence-corrected chi connectivity index (χ0v) is 12.9. The Labute approximate surface area is 125 Å². The third-order valence-electron chi connectivity index (χ3n) is 3.66. The summed E-state index contributed by atoms with van der Waals surface area (Å²) in [6.07, 6.45) is 6.40. The number of aromatic nitrogens is 2. The van der Waals surface area contributed by atoms with Crippen LogP contribution in [0.25, 0.3) is 0 Å². The maximum absolute atomic E-state index is 5.68. The van der Waals surface area contributed by atoms with Gasteiger partial charge in [-0.25, -0.2) is 9.97 Å². The third kappa shape index (κ3) is 3.85. The Morgan fingerprint density at radius 3 is 2.95 bits per heavy atom. The van der Waals surface area contributed by atoms with Gasteiger partial charge in [0.25, 0.3) is 0 Å². The van der Waals surface area contributed by atoms with Crippen molar-refractivity contribution < 1.29 is 4.74 Å². The van der Waals surface area contributed by atoms with Crippen LogP contribution in [-0.4, -0.2) is 35.0 Å². The van der Waals surface area contributed by atoms with Crippen LogP contribution >= 0.6 is 11.8 Å². The smallest absolute Gasteiger partial charge is 0.135 e. The zero-order chi connectivity index (χ0) is 13.8. The first-order chi connectivity index (χ1) is 9.85. The molecule has 4 nitrogen and oxygen atoms in total. The lowest BCUT2D eigenvalue weighted by Gasteiger charge is -2.11. The predicted molar refractivity (Wildman–Crippen MR) is 82.5 cm³/mol. The number of hydrogen-bond donors (Lipinski definition) is 1. The van der Waals surface area contributed by atoms with E-state index in [1.165, 1.54) is 25.7 Å². The van der Waals surface area contributed by atoms with Gasteiger partial charge in [-0.3, -0.25) is 0 Å². The number of anilines is 1. The molecule has 1 aliphatic heterocycles. The normalized spacial score (nSPS) is 22.1. The molecule has 110 valence electrons. The highest BCUT2D eigenvalue weighted by Crippen LogP contribution is 2.39. The van der Waals surface area contributed by atoms with E-state index in [9.17, 15) is 0 Å². The Hall–Kier alpha value is -0.810. The van der Waals surface area contributed by atoms with E-state index in [-0.39, 0.29) is 0 Å². The minimum atomic E-state index is 0.409. The van der Waals surface area contributed by atoms with E-state index in [0.717, 1.165) is 42.0 Å². The van der Waals surface area contributed by atoms with Crippen LogP contribution < -0.4 is 5.32 Å². The summed E-state index contributed by atoms with van der Waals surface area (Å²) in [5.41, 5.74) is 0. The number of hydrogen-bond acceptors (Lipinski definition) is 5. The highest BCUT2D eigenvalue weighted by molar-refractivity contribution is 7.99. The summed E-state index contributed by atoms with van der Waals surface area (Å²) in [6, 6.07) is 2.08. The molecule has 0 spiro atoms. The van der Waals surface area contributed by atoms with Gasteiger partial charge in [-0.1, -0.05) is 6.92 Å². The van der Waals surface area contributed by atoms with Gasteiger partial charge in [0, 0.05) is 30.9 Å². The second kappa shape index (κ2) is 6.76. The third-order valence-corrected chi connectivity index (χ3v) is 4.70. The summed E-state index contributed by atoms with van der Waals surface area (Å²) in [5.74, 6) is 3.62. The summed E-state index contributed by atoms with van der Waals surface area (Å²) < 4.78 is 5.68. The van der Waals surface area contributed by atoms with Gasteiger partial charge in [-0.2, -0.15) is 0 Å². The molecule has 0 amide bonds. The first kappa shape index (κ1) is 14.1. The summed E-state index contributed by atoms with van der Waals surface area (Å²) in [6.45, 7) is 4.06. The second-order valence-corrected chi connectivity index (χ2v) is 6.64. The molecule has 5 heteroatoms. The Morgan fingerprint density at radius 1 is 1.35 bits per heavy atom. The van der Waals surface area contributed by atoms with Crippen molar-refractivity contribution in [3.63, 3.8) is 0 Å². The van der Waals surface area contributed by atoms with Crippen molar-refractivity contribution >= 4 is 17.6 Å². The van der Waals surface area contributed by atoms with Gasteiger partial charge in [0.05, 0.1) is 6.10 Å². The van der Waals surface area contributed by atoms with Gasteiger partial charge >= 0.3 is 0 Å². The molecule has 1 unspecified atom stereocenters. The molecular weight excluding hydrogens is 270 g/mol. The minimum absolute atomic E-state index is 0.409.